The van der Waals surface area contributed by atoms with Crippen LogP contribution in [0.15, 0.2) is 64.1 Å². The highest BCUT2D eigenvalue weighted by atomic mass is 32.2. The predicted octanol–water partition coefficient (Wildman–Crippen LogP) is 5.31. The number of nitrogens with zero attached hydrogens (tertiary/aromatic N) is 5. The highest BCUT2D eigenvalue weighted by molar-refractivity contribution is 8.01. The van der Waals surface area contributed by atoms with Crippen molar-refractivity contribution in [2.75, 3.05) is 5.32 Å². The summed E-state index contributed by atoms with van der Waals surface area (Å²) in [6.45, 7) is 0.398. The molecule has 0 amide bonds. The first-order valence-corrected chi connectivity index (χ1v) is 10.4. The molecule has 6 nitrogen and oxygen atoms in total. The summed E-state index contributed by atoms with van der Waals surface area (Å²) in [6.07, 6.45) is -3.18. The maximum Gasteiger partial charge on any atom is 0.433 e. The van der Waals surface area contributed by atoms with Crippen LogP contribution in [0.1, 0.15) is 11.3 Å². The van der Waals surface area contributed by atoms with Crippen molar-refractivity contribution in [3.05, 3.63) is 71.8 Å². The van der Waals surface area contributed by atoms with E-state index in [0.29, 0.717) is 16.0 Å². The van der Waals surface area contributed by atoms with Crippen molar-refractivity contribution in [2.24, 2.45) is 0 Å². The Bertz CT molecular complexity index is 1170. The van der Waals surface area contributed by atoms with Crippen LogP contribution < -0.4 is 5.32 Å². The number of nitrogens with one attached hydrogen (secondary N) is 1. The first kappa shape index (κ1) is 21.1. The molecule has 0 fully saturated rings. The number of benzene rings is 1. The fourth-order valence-electron chi connectivity index (χ4n) is 2.42. The maximum absolute atomic E-state index is 13.3. The van der Waals surface area contributed by atoms with E-state index in [2.05, 4.69) is 30.5 Å². The first-order valence-electron chi connectivity index (χ1n) is 8.74. The average Bonchev–Trinajstić information content (AvgIpc) is 3.20. The van der Waals surface area contributed by atoms with E-state index < -0.39 is 11.9 Å². The first-order chi connectivity index (χ1) is 14.9. The molecule has 0 bridgehead atoms. The largest absolute Gasteiger partial charge is 0.433 e. The van der Waals surface area contributed by atoms with E-state index in [0.717, 1.165) is 34.7 Å². The van der Waals surface area contributed by atoms with E-state index in [4.69, 9.17) is 0 Å². The lowest BCUT2D eigenvalue weighted by Crippen LogP contribution is -2.10. The molecule has 0 unspecified atom stereocenters. The minimum atomic E-state index is -4.63. The predicted molar refractivity (Wildman–Crippen MR) is 108 cm³/mol. The highest BCUT2D eigenvalue weighted by Crippen LogP contribution is 2.35. The molecular formula is C19H12F4N6S2. The molecule has 0 spiro atoms. The van der Waals surface area contributed by atoms with Gasteiger partial charge in [0.2, 0.25) is 5.13 Å². The molecule has 0 aliphatic carbocycles. The van der Waals surface area contributed by atoms with Crippen molar-refractivity contribution >= 4 is 28.2 Å². The number of pyridine rings is 1. The van der Waals surface area contributed by atoms with E-state index in [1.54, 1.807) is 24.3 Å². The molecule has 3 heterocycles. The lowest BCUT2D eigenvalue weighted by molar-refractivity contribution is -0.141. The van der Waals surface area contributed by atoms with Crippen LogP contribution in [-0.4, -0.2) is 25.1 Å². The molecule has 3 aromatic heterocycles. The van der Waals surface area contributed by atoms with Gasteiger partial charge in [0.1, 0.15) is 22.2 Å². The standard InChI is InChI=1S/C19H12F4N6S2/c20-12-6-4-11(5-7-12)10-25-17-28-29-18(31-17)30-15-9-14(19(21,22)23)26-16(27-15)13-3-1-2-8-24-13/h1-9H,10H2,(H,25,28). The smallest absolute Gasteiger partial charge is 0.356 e. The van der Waals surface area contributed by atoms with Gasteiger partial charge in [0, 0.05) is 18.8 Å². The third kappa shape index (κ3) is 5.52. The summed E-state index contributed by atoms with van der Waals surface area (Å²) in [4.78, 5) is 11.8. The van der Waals surface area contributed by atoms with Crippen LogP contribution in [0.4, 0.5) is 22.7 Å². The minimum Gasteiger partial charge on any atom is -0.356 e. The molecule has 0 saturated heterocycles. The maximum atomic E-state index is 13.3. The third-order valence-corrected chi connectivity index (χ3v) is 5.69. The number of halogens is 4. The number of anilines is 1. The summed E-state index contributed by atoms with van der Waals surface area (Å²) in [5.74, 6) is -0.455. The van der Waals surface area contributed by atoms with Gasteiger partial charge in [-0.15, -0.1) is 10.2 Å². The van der Waals surface area contributed by atoms with Crippen LogP contribution in [0.25, 0.3) is 11.5 Å². The van der Waals surface area contributed by atoms with Crippen molar-refractivity contribution in [3.63, 3.8) is 0 Å². The lowest BCUT2D eigenvalue weighted by Gasteiger charge is -2.09. The molecule has 158 valence electrons. The zero-order chi connectivity index (χ0) is 21.8. The Labute approximate surface area is 181 Å². The van der Waals surface area contributed by atoms with Crippen LogP contribution in [0.3, 0.4) is 0 Å². The monoisotopic (exact) mass is 464 g/mol. The summed E-state index contributed by atoms with van der Waals surface area (Å²) >= 11 is 2.11. The van der Waals surface area contributed by atoms with Gasteiger partial charge in [-0.25, -0.2) is 14.4 Å². The molecule has 0 saturated carbocycles. The molecule has 0 aliphatic heterocycles. The molecule has 31 heavy (non-hydrogen) atoms. The Morgan fingerprint density at radius 1 is 1.00 bits per heavy atom. The summed E-state index contributed by atoms with van der Waals surface area (Å²) in [6, 6.07) is 11.7. The molecule has 1 N–H and O–H groups in total. The van der Waals surface area contributed by atoms with Crippen molar-refractivity contribution in [1.82, 2.24) is 25.1 Å². The summed E-state index contributed by atoms with van der Waals surface area (Å²) in [7, 11) is 0. The second-order valence-electron chi connectivity index (χ2n) is 6.08. The van der Waals surface area contributed by atoms with Gasteiger partial charge in [-0.05, 0) is 41.6 Å². The quantitative estimate of drug-likeness (QED) is 0.306. The van der Waals surface area contributed by atoms with Crippen LogP contribution >= 0.6 is 23.1 Å². The van der Waals surface area contributed by atoms with Crippen LogP contribution in [0, 0.1) is 5.82 Å². The van der Waals surface area contributed by atoms with E-state index >= 15 is 0 Å². The Balaban J connectivity index is 1.53. The molecule has 4 aromatic rings. The van der Waals surface area contributed by atoms with Crippen molar-refractivity contribution in [3.8, 4) is 11.5 Å². The van der Waals surface area contributed by atoms with Gasteiger partial charge in [-0.2, -0.15) is 13.2 Å². The van der Waals surface area contributed by atoms with Gasteiger partial charge >= 0.3 is 6.18 Å². The topological polar surface area (TPSA) is 76.5 Å². The Kier molecular flexibility index (Phi) is 6.09. The molecule has 4 rings (SSSR count). The van der Waals surface area contributed by atoms with E-state index in [-0.39, 0.29) is 22.4 Å². The second kappa shape index (κ2) is 8.94. The average molecular weight is 464 g/mol. The molecular weight excluding hydrogens is 452 g/mol. The summed E-state index contributed by atoms with van der Waals surface area (Å²) in [5, 5.41) is 11.6. The second-order valence-corrected chi connectivity index (χ2v) is 8.33. The molecule has 0 atom stereocenters. The van der Waals surface area contributed by atoms with Crippen molar-refractivity contribution in [2.45, 2.75) is 22.1 Å². The van der Waals surface area contributed by atoms with Crippen LogP contribution in [0.5, 0.6) is 0 Å². The van der Waals surface area contributed by atoms with Crippen molar-refractivity contribution in [1.29, 1.82) is 0 Å². The zero-order valence-electron chi connectivity index (χ0n) is 15.5. The Morgan fingerprint density at radius 2 is 1.81 bits per heavy atom. The molecule has 1 aromatic carbocycles. The van der Waals surface area contributed by atoms with Gasteiger partial charge < -0.3 is 5.32 Å². The lowest BCUT2D eigenvalue weighted by atomic mass is 10.2. The van der Waals surface area contributed by atoms with Gasteiger partial charge in [0.25, 0.3) is 0 Å². The number of alkyl halides is 3. The fourth-order valence-corrected chi connectivity index (χ4v) is 4.12. The van der Waals surface area contributed by atoms with E-state index in [1.807, 2.05) is 0 Å². The van der Waals surface area contributed by atoms with Gasteiger partial charge in [-0.3, -0.25) is 4.98 Å². The zero-order valence-corrected chi connectivity index (χ0v) is 17.1. The van der Waals surface area contributed by atoms with E-state index in [1.165, 1.54) is 24.4 Å². The van der Waals surface area contributed by atoms with Gasteiger partial charge in [0.15, 0.2) is 10.2 Å². The Hall–Kier alpha value is -3.12. The van der Waals surface area contributed by atoms with Crippen molar-refractivity contribution < 1.29 is 17.6 Å². The number of aromatic nitrogens is 5. The van der Waals surface area contributed by atoms with E-state index in [9.17, 15) is 17.6 Å². The SMILES string of the molecule is Fc1ccc(CNc2nnc(Sc3cc(C(F)(F)F)nc(-c4ccccn4)n3)s2)cc1. The molecule has 0 aliphatic rings. The number of hydrogen-bond donors (Lipinski definition) is 1. The van der Waals surface area contributed by atoms with Gasteiger partial charge in [-0.1, -0.05) is 29.5 Å². The number of rotatable bonds is 6. The highest BCUT2D eigenvalue weighted by Gasteiger charge is 2.34. The van der Waals surface area contributed by atoms with Gasteiger partial charge in [0.05, 0.1) is 0 Å². The molecule has 12 heteroatoms. The number of hydrogen-bond acceptors (Lipinski definition) is 8. The third-order valence-electron chi connectivity index (χ3n) is 3.84. The Morgan fingerprint density at radius 3 is 2.52 bits per heavy atom. The summed E-state index contributed by atoms with van der Waals surface area (Å²) in [5.41, 5.74) is 0.00983. The van der Waals surface area contributed by atoms with Crippen LogP contribution in [0.2, 0.25) is 0 Å². The normalized spacial score (nSPS) is 11.5. The minimum absolute atomic E-state index is 0.0733. The summed E-state index contributed by atoms with van der Waals surface area (Å²) < 4.78 is 53.3. The fraction of sp³-hybridized carbons (Fsp3) is 0.105. The van der Waals surface area contributed by atoms with Crippen LogP contribution in [-0.2, 0) is 12.7 Å². The molecule has 0 radical (unpaired) electrons.